The highest BCUT2D eigenvalue weighted by molar-refractivity contribution is 9.10. The lowest BCUT2D eigenvalue weighted by atomic mass is 10.0. The Hall–Kier alpha value is -2.66. The Morgan fingerprint density at radius 2 is 1.92 bits per heavy atom. The van der Waals surface area contributed by atoms with Crippen molar-refractivity contribution < 1.29 is 19.1 Å². The second kappa shape index (κ2) is 9.73. The van der Waals surface area contributed by atoms with E-state index < -0.39 is 30.3 Å². The van der Waals surface area contributed by atoms with Gasteiger partial charge in [-0.25, -0.2) is 4.79 Å². The summed E-state index contributed by atoms with van der Waals surface area (Å²) in [5, 5.41) is 11.5. The number of benzene rings is 1. The van der Waals surface area contributed by atoms with Gasteiger partial charge in [0.1, 0.15) is 17.7 Å². The van der Waals surface area contributed by atoms with Gasteiger partial charge in [0.2, 0.25) is 5.78 Å². The van der Waals surface area contributed by atoms with Crippen LogP contribution in [0.4, 0.5) is 0 Å². The van der Waals surface area contributed by atoms with Crippen molar-refractivity contribution in [2.24, 2.45) is 11.7 Å². The molecule has 0 aliphatic heterocycles. The molecule has 0 saturated carbocycles. The first-order chi connectivity index (χ1) is 12.2. The molecule has 0 aliphatic rings. The lowest BCUT2D eigenvalue weighted by Gasteiger charge is -2.21. The highest BCUT2D eigenvalue weighted by atomic mass is 79.9. The van der Waals surface area contributed by atoms with Crippen LogP contribution in [0.3, 0.4) is 0 Å². The average Bonchev–Trinajstić information content (AvgIpc) is 2.57. The van der Waals surface area contributed by atoms with Gasteiger partial charge in [-0.05, 0) is 40.9 Å². The van der Waals surface area contributed by atoms with Gasteiger partial charge in [0.15, 0.2) is 6.61 Å². The monoisotopic (exact) mass is 421 g/mol. The molecule has 1 rings (SSSR count). The number of Topliss-reactive ketones (excluding diaryl/α,β-unsaturated/α-hetero) is 1. The summed E-state index contributed by atoms with van der Waals surface area (Å²) in [5.41, 5.74) is 5.61. The van der Waals surface area contributed by atoms with Gasteiger partial charge in [0.25, 0.3) is 5.91 Å². The Bertz CT molecular complexity index is 777. The SMILES string of the molecule is C/C(N)=C(\C#N)C(=O)COC(=O)C(NC(=O)c1ccccc1Br)C(C)C. The van der Waals surface area contributed by atoms with E-state index in [9.17, 15) is 14.4 Å². The van der Waals surface area contributed by atoms with E-state index >= 15 is 0 Å². The molecule has 1 unspecified atom stereocenters. The predicted octanol–water partition coefficient (Wildman–Crippen LogP) is 2.07. The largest absolute Gasteiger partial charge is 0.456 e. The first kappa shape index (κ1) is 21.4. The van der Waals surface area contributed by atoms with Crippen LogP contribution in [0.1, 0.15) is 31.1 Å². The maximum atomic E-state index is 12.4. The van der Waals surface area contributed by atoms with Crippen molar-refractivity contribution in [3.63, 3.8) is 0 Å². The van der Waals surface area contributed by atoms with E-state index in [0.717, 1.165) is 0 Å². The second-order valence-corrected chi connectivity index (χ2v) is 6.73. The van der Waals surface area contributed by atoms with Crippen LogP contribution in [0.2, 0.25) is 0 Å². The molecular weight excluding hydrogens is 402 g/mol. The molecular formula is C18H20BrN3O4. The van der Waals surface area contributed by atoms with Crippen molar-refractivity contribution >= 4 is 33.6 Å². The minimum atomic E-state index is -0.948. The molecule has 8 heteroatoms. The lowest BCUT2D eigenvalue weighted by Crippen LogP contribution is -2.45. The Labute approximate surface area is 160 Å². The maximum Gasteiger partial charge on any atom is 0.329 e. The van der Waals surface area contributed by atoms with Gasteiger partial charge in [-0.3, -0.25) is 9.59 Å². The summed E-state index contributed by atoms with van der Waals surface area (Å²) in [4.78, 5) is 36.5. The molecule has 1 atom stereocenters. The number of allylic oxidation sites excluding steroid dienone is 1. The van der Waals surface area contributed by atoms with Gasteiger partial charge in [-0.1, -0.05) is 26.0 Å². The minimum absolute atomic E-state index is 0.0520. The number of esters is 1. The molecule has 3 N–H and O–H groups in total. The van der Waals surface area contributed by atoms with E-state index in [1.807, 2.05) is 0 Å². The zero-order valence-corrected chi connectivity index (χ0v) is 16.3. The van der Waals surface area contributed by atoms with Crippen molar-refractivity contribution in [3.8, 4) is 6.07 Å². The number of carbonyl (C=O) groups excluding carboxylic acids is 3. The van der Waals surface area contributed by atoms with Crippen LogP contribution in [0.15, 0.2) is 40.0 Å². The van der Waals surface area contributed by atoms with E-state index in [1.165, 1.54) is 6.92 Å². The number of nitrogens with two attached hydrogens (primary N) is 1. The quantitative estimate of drug-likeness (QED) is 0.394. The van der Waals surface area contributed by atoms with Crippen LogP contribution in [0, 0.1) is 17.2 Å². The smallest absolute Gasteiger partial charge is 0.329 e. The number of halogens is 1. The molecule has 0 aliphatic carbocycles. The normalized spacial score (nSPS) is 12.6. The lowest BCUT2D eigenvalue weighted by molar-refractivity contribution is -0.150. The van der Waals surface area contributed by atoms with E-state index in [4.69, 9.17) is 15.7 Å². The topological polar surface area (TPSA) is 122 Å². The molecule has 26 heavy (non-hydrogen) atoms. The van der Waals surface area contributed by atoms with Crippen molar-refractivity contribution in [1.29, 1.82) is 5.26 Å². The summed E-state index contributed by atoms with van der Waals surface area (Å²) in [6, 6.07) is 7.51. The third-order valence-corrected chi connectivity index (χ3v) is 4.15. The van der Waals surface area contributed by atoms with Gasteiger partial charge < -0.3 is 15.8 Å². The molecule has 0 fully saturated rings. The third kappa shape index (κ3) is 5.70. The summed E-state index contributed by atoms with van der Waals surface area (Å²) in [5.74, 6) is -2.18. The zero-order chi connectivity index (χ0) is 19.9. The van der Waals surface area contributed by atoms with Crippen LogP contribution in [0.25, 0.3) is 0 Å². The Balaban J connectivity index is 2.81. The number of hydrogen-bond donors (Lipinski definition) is 2. The standard InChI is InChI=1S/C18H20BrN3O4/c1-10(2)16(22-17(24)12-6-4-5-7-14(12)19)18(25)26-9-15(23)13(8-20)11(3)21/h4-7,10,16H,9,21H2,1-3H3,(H,22,24)/b13-11-. The summed E-state index contributed by atoms with van der Waals surface area (Å²) in [7, 11) is 0. The fourth-order valence-electron chi connectivity index (χ4n) is 2.03. The third-order valence-electron chi connectivity index (χ3n) is 3.46. The molecule has 1 amide bonds. The van der Waals surface area contributed by atoms with E-state index in [-0.39, 0.29) is 17.2 Å². The van der Waals surface area contributed by atoms with Gasteiger partial charge >= 0.3 is 5.97 Å². The van der Waals surface area contributed by atoms with E-state index in [1.54, 1.807) is 44.2 Å². The predicted molar refractivity (Wildman–Crippen MR) is 98.7 cm³/mol. The molecule has 0 aromatic heterocycles. The fraction of sp³-hybridized carbons (Fsp3) is 0.333. The first-order valence-corrected chi connectivity index (χ1v) is 8.60. The molecule has 0 heterocycles. The highest BCUT2D eigenvalue weighted by Crippen LogP contribution is 2.16. The maximum absolute atomic E-state index is 12.4. The number of ketones is 1. The van der Waals surface area contributed by atoms with Crippen molar-refractivity contribution in [2.75, 3.05) is 6.61 Å². The number of carbonyl (C=O) groups is 3. The summed E-state index contributed by atoms with van der Waals surface area (Å²) in [6.45, 7) is 4.26. The Morgan fingerprint density at radius 3 is 2.42 bits per heavy atom. The van der Waals surface area contributed by atoms with Gasteiger partial charge in [0.05, 0.1) is 5.56 Å². The van der Waals surface area contributed by atoms with Gasteiger partial charge in [-0.2, -0.15) is 5.26 Å². The Morgan fingerprint density at radius 1 is 1.31 bits per heavy atom. The number of ether oxygens (including phenoxy) is 1. The number of rotatable bonds is 7. The van der Waals surface area contributed by atoms with Crippen LogP contribution < -0.4 is 11.1 Å². The van der Waals surface area contributed by atoms with E-state index in [2.05, 4.69) is 21.2 Å². The molecule has 1 aromatic rings. The van der Waals surface area contributed by atoms with Gasteiger partial charge in [0, 0.05) is 10.2 Å². The number of hydrogen-bond acceptors (Lipinski definition) is 6. The highest BCUT2D eigenvalue weighted by Gasteiger charge is 2.27. The average molecular weight is 422 g/mol. The molecule has 7 nitrogen and oxygen atoms in total. The minimum Gasteiger partial charge on any atom is -0.456 e. The number of nitrogens with one attached hydrogen (secondary N) is 1. The summed E-state index contributed by atoms with van der Waals surface area (Å²) in [6.07, 6.45) is 0. The van der Waals surface area contributed by atoms with Crippen LogP contribution >= 0.6 is 15.9 Å². The molecule has 0 bridgehead atoms. The van der Waals surface area contributed by atoms with Crippen molar-refractivity contribution in [2.45, 2.75) is 26.8 Å². The number of amides is 1. The molecule has 0 spiro atoms. The first-order valence-electron chi connectivity index (χ1n) is 7.80. The molecule has 0 saturated heterocycles. The number of nitrogens with zero attached hydrogens (tertiary/aromatic N) is 1. The Kier molecular flexibility index (Phi) is 8.00. The zero-order valence-electron chi connectivity index (χ0n) is 14.7. The molecule has 0 radical (unpaired) electrons. The van der Waals surface area contributed by atoms with Gasteiger partial charge in [-0.15, -0.1) is 0 Å². The molecule has 1 aromatic carbocycles. The number of nitriles is 1. The van der Waals surface area contributed by atoms with Crippen molar-refractivity contribution in [3.05, 3.63) is 45.6 Å². The fourth-order valence-corrected chi connectivity index (χ4v) is 2.50. The summed E-state index contributed by atoms with van der Waals surface area (Å²) >= 11 is 3.28. The van der Waals surface area contributed by atoms with Crippen LogP contribution in [0.5, 0.6) is 0 Å². The molecule has 138 valence electrons. The van der Waals surface area contributed by atoms with Crippen LogP contribution in [-0.4, -0.2) is 30.3 Å². The van der Waals surface area contributed by atoms with Crippen molar-refractivity contribution in [1.82, 2.24) is 5.32 Å². The second-order valence-electron chi connectivity index (χ2n) is 5.88. The van der Waals surface area contributed by atoms with E-state index in [0.29, 0.717) is 10.0 Å². The van der Waals surface area contributed by atoms with Crippen LogP contribution in [-0.2, 0) is 14.3 Å². The summed E-state index contributed by atoms with van der Waals surface area (Å²) < 4.78 is 5.56.